The second kappa shape index (κ2) is 6.18. The number of hydrogen-bond donors (Lipinski definition) is 2. The Hall–Kier alpha value is -2.73. The standard InChI is InChI=1S/C17H17N3O3/c1-20-16(23)6-5-11-3-2-4-14(17(11)20)12-7-13(9-18-8-12)19-15(22)10-21/h2-4,7-9,21H,5-6,10H2,1H3,(H,19,22). The molecule has 23 heavy (non-hydrogen) atoms. The van der Waals surface area contributed by atoms with E-state index in [4.69, 9.17) is 5.11 Å². The third kappa shape index (κ3) is 2.93. The van der Waals surface area contributed by atoms with Crippen LogP contribution >= 0.6 is 0 Å². The lowest BCUT2D eigenvalue weighted by Crippen LogP contribution is -2.31. The van der Waals surface area contributed by atoms with Crippen LogP contribution in [0.15, 0.2) is 36.7 Å². The van der Waals surface area contributed by atoms with Gasteiger partial charge in [0.1, 0.15) is 6.61 Å². The number of aliphatic hydroxyl groups excluding tert-OH is 1. The zero-order chi connectivity index (χ0) is 16.4. The van der Waals surface area contributed by atoms with Crippen LogP contribution in [0, 0.1) is 0 Å². The van der Waals surface area contributed by atoms with E-state index in [-0.39, 0.29) is 5.91 Å². The Morgan fingerprint density at radius 2 is 2.17 bits per heavy atom. The topological polar surface area (TPSA) is 82.5 Å². The summed E-state index contributed by atoms with van der Waals surface area (Å²) in [6, 6.07) is 7.69. The Labute approximate surface area is 133 Å². The van der Waals surface area contributed by atoms with Crippen LogP contribution in [-0.2, 0) is 16.0 Å². The molecule has 0 fully saturated rings. The summed E-state index contributed by atoms with van der Waals surface area (Å²) < 4.78 is 0. The summed E-state index contributed by atoms with van der Waals surface area (Å²) >= 11 is 0. The van der Waals surface area contributed by atoms with Crippen molar-refractivity contribution in [2.45, 2.75) is 12.8 Å². The third-order valence-corrected chi connectivity index (χ3v) is 3.91. The number of hydrogen-bond acceptors (Lipinski definition) is 4. The van der Waals surface area contributed by atoms with Crippen molar-refractivity contribution in [3.63, 3.8) is 0 Å². The SMILES string of the molecule is CN1C(=O)CCc2cccc(-c3cncc(NC(=O)CO)c3)c21. The van der Waals surface area contributed by atoms with Crippen molar-refractivity contribution in [3.05, 3.63) is 42.2 Å². The lowest BCUT2D eigenvalue weighted by Gasteiger charge is -2.28. The number of carbonyl (C=O) groups is 2. The number of aromatic nitrogens is 1. The summed E-state index contributed by atoms with van der Waals surface area (Å²) in [7, 11) is 1.77. The lowest BCUT2D eigenvalue weighted by molar-refractivity contribution is -0.119. The van der Waals surface area contributed by atoms with Crippen LogP contribution < -0.4 is 10.2 Å². The van der Waals surface area contributed by atoms with Gasteiger partial charge in [0.05, 0.1) is 17.6 Å². The second-order valence-electron chi connectivity index (χ2n) is 5.43. The van der Waals surface area contributed by atoms with Gasteiger partial charge in [-0.05, 0) is 18.1 Å². The number of carbonyl (C=O) groups excluding carboxylic acids is 2. The van der Waals surface area contributed by atoms with E-state index in [2.05, 4.69) is 10.3 Å². The molecule has 0 bridgehead atoms. The summed E-state index contributed by atoms with van der Waals surface area (Å²) in [5.41, 5.74) is 4.21. The minimum Gasteiger partial charge on any atom is -0.387 e. The highest BCUT2D eigenvalue weighted by Gasteiger charge is 2.24. The molecule has 1 aliphatic heterocycles. The molecule has 2 aromatic rings. The molecule has 1 aromatic heterocycles. The van der Waals surface area contributed by atoms with Crippen molar-refractivity contribution in [3.8, 4) is 11.1 Å². The number of anilines is 2. The van der Waals surface area contributed by atoms with Crippen LogP contribution in [0.5, 0.6) is 0 Å². The van der Waals surface area contributed by atoms with E-state index in [1.54, 1.807) is 24.2 Å². The molecule has 1 aliphatic rings. The predicted octanol–water partition coefficient (Wildman–Crippen LogP) is 1.59. The zero-order valence-electron chi connectivity index (χ0n) is 12.7. The van der Waals surface area contributed by atoms with Crippen molar-refractivity contribution in [2.24, 2.45) is 0 Å². The van der Waals surface area contributed by atoms with Crippen LogP contribution in [0.2, 0.25) is 0 Å². The van der Waals surface area contributed by atoms with Gasteiger partial charge in [-0.2, -0.15) is 0 Å². The molecule has 2 N–H and O–H groups in total. The number of pyridine rings is 1. The van der Waals surface area contributed by atoms with Gasteiger partial charge in [0.25, 0.3) is 0 Å². The van der Waals surface area contributed by atoms with Gasteiger partial charge in [-0.15, -0.1) is 0 Å². The van der Waals surface area contributed by atoms with Crippen molar-refractivity contribution in [1.29, 1.82) is 0 Å². The largest absolute Gasteiger partial charge is 0.387 e. The van der Waals surface area contributed by atoms with Crippen LogP contribution in [0.1, 0.15) is 12.0 Å². The molecule has 2 heterocycles. The molecule has 0 saturated carbocycles. The van der Waals surface area contributed by atoms with Crippen LogP contribution in [-0.4, -0.2) is 35.6 Å². The summed E-state index contributed by atoms with van der Waals surface area (Å²) in [5.74, 6) is -0.408. The van der Waals surface area contributed by atoms with Crippen molar-refractivity contribution in [1.82, 2.24) is 4.98 Å². The molecule has 1 aromatic carbocycles. The van der Waals surface area contributed by atoms with Crippen molar-refractivity contribution < 1.29 is 14.7 Å². The average molecular weight is 311 g/mol. The summed E-state index contributed by atoms with van der Waals surface area (Å²) in [4.78, 5) is 29.1. The first-order chi connectivity index (χ1) is 11.1. The monoisotopic (exact) mass is 311 g/mol. The fraction of sp³-hybridized carbons (Fsp3) is 0.235. The first-order valence-electron chi connectivity index (χ1n) is 7.34. The molecule has 0 radical (unpaired) electrons. The average Bonchev–Trinajstić information content (AvgIpc) is 2.58. The Balaban J connectivity index is 2.05. The number of benzene rings is 1. The van der Waals surface area contributed by atoms with E-state index in [1.165, 1.54) is 6.20 Å². The quantitative estimate of drug-likeness (QED) is 0.902. The Morgan fingerprint density at radius 1 is 1.35 bits per heavy atom. The Bertz CT molecular complexity index is 773. The zero-order valence-corrected chi connectivity index (χ0v) is 12.7. The fourth-order valence-corrected chi connectivity index (χ4v) is 2.81. The number of aliphatic hydroxyl groups is 1. The minimum atomic E-state index is -0.581. The number of rotatable bonds is 3. The maximum atomic E-state index is 12.0. The first kappa shape index (κ1) is 15.2. The van der Waals surface area contributed by atoms with E-state index >= 15 is 0 Å². The molecule has 6 nitrogen and oxygen atoms in total. The highest BCUT2D eigenvalue weighted by Crippen LogP contribution is 2.37. The molecule has 0 spiro atoms. The normalized spacial score (nSPS) is 13.7. The number of nitrogens with one attached hydrogen (secondary N) is 1. The number of para-hydroxylation sites is 1. The molecule has 6 heteroatoms. The molecule has 0 aliphatic carbocycles. The van der Waals surface area contributed by atoms with E-state index in [0.29, 0.717) is 12.1 Å². The summed E-state index contributed by atoms with van der Waals surface area (Å²) in [5, 5.41) is 11.4. The van der Waals surface area contributed by atoms with Gasteiger partial charge >= 0.3 is 0 Å². The summed E-state index contributed by atoms with van der Waals surface area (Å²) in [6.07, 6.45) is 4.44. The maximum absolute atomic E-state index is 12.0. The lowest BCUT2D eigenvalue weighted by atomic mass is 9.94. The van der Waals surface area contributed by atoms with Crippen molar-refractivity contribution >= 4 is 23.2 Å². The third-order valence-electron chi connectivity index (χ3n) is 3.91. The molecule has 0 atom stereocenters. The molecule has 3 rings (SSSR count). The van der Waals surface area contributed by atoms with Gasteiger partial charge in [0.2, 0.25) is 11.8 Å². The van der Waals surface area contributed by atoms with Gasteiger partial charge in [0, 0.05) is 30.8 Å². The number of aryl methyl sites for hydroxylation is 1. The van der Waals surface area contributed by atoms with Gasteiger partial charge in [-0.1, -0.05) is 18.2 Å². The fourth-order valence-electron chi connectivity index (χ4n) is 2.81. The number of nitrogens with zero attached hydrogens (tertiary/aromatic N) is 2. The van der Waals surface area contributed by atoms with Crippen LogP contribution in [0.3, 0.4) is 0 Å². The molecular formula is C17H17N3O3. The Kier molecular flexibility index (Phi) is 4.08. The van der Waals surface area contributed by atoms with Crippen LogP contribution in [0.4, 0.5) is 11.4 Å². The van der Waals surface area contributed by atoms with E-state index < -0.39 is 12.5 Å². The number of amides is 2. The summed E-state index contributed by atoms with van der Waals surface area (Å²) in [6.45, 7) is -0.581. The molecule has 0 saturated heterocycles. The first-order valence-corrected chi connectivity index (χ1v) is 7.34. The van der Waals surface area contributed by atoms with Gasteiger partial charge in [0.15, 0.2) is 0 Å². The minimum absolute atomic E-state index is 0.0858. The van der Waals surface area contributed by atoms with E-state index in [9.17, 15) is 9.59 Å². The van der Waals surface area contributed by atoms with E-state index in [0.717, 1.165) is 28.8 Å². The van der Waals surface area contributed by atoms with Crippen molar-refractivity contribution in [2.75, 3.05) is 23.9 Å². The van der Waals surface area contributed by atoms with E-state index in [1.807, 2.05) is 18.2 Å². The second-order valence-corrected chi connectivity index (χ2v) is 5.43. The molecule has 0 unspecified atom stereocenters. The smallest absolute Gasteiger partial charge is 0.250 e. The van der Waals surface area contributed by atoms with Gasteiger partial charge in [-0.25, -0.2) is 0 Å². The van der Waals surface area contributed by atoms with Gasteiger partial charge in [-0.3, -0.25) is 14.6 Å². The molecule has 118 valence electrons. The predicted molar refractivity (Wildman–Crippen MR) is 87.1 cm³/mol. The Morgan fingerprint density at radius 3 is 2.96 bits per heavy atom. The number of fused-ring (bicyclic) bond motifs is 1. The van der Waals surface area contributed by atoms with Crippen LogP contribution in [0.25, 0.3) is 11.1 Å². The maximum Gasteiger partial charge on any atom is 0.250 e. The molecular weight excluding hydrogens is 294 g/mol. The molecule has 2 amide bonds. The van der Waals surface area contributed by atoms with Gasteiger partial charge < -0.3 is 15.3 Å². The highest BCUT2D eigenvalue weighted by molar-refractivity contribution is 6.01. The highest BCUT2D eigenvalue weighted by atomic mass is 16.3.